The molecule has 0 unspecified atom stereocenters. The standard InChI is InChI=1S/C14H12ClFN2O2/c1-7-2-3-11(16)12(4-7)18-13-9(14(19)20)5-8(17)6-10(13)15/h2-6,18H,17H2,1H3,(H,19,20). The molecule has 4 nitrogen and oxygen atoms in total. The van der Waals surface area contributed by atoms with Crippen molar-refractivity contribution in [2.75, 3.05) is 11.1 Å². The summed E-state index contributed by atoms with van der Waals surface area (Å²) in [6, 6.07) is 7.15. The Morgan fingerprint density at radius 1 is 1.35 bits per heavy atom. The maximum atomic E-state index is 13.7. The first-order valence-corrected chi connectivity index (χ1v) is 6.12. The Morgan fingerprint density at radius 3 is 2.70 bits per heavy atom. The van der Waals surface area contributed by atoms with Crippen molar-refractivity contribution in [3.63, 3.8) is 0 Å². The molecule has 2 aromatic rings. The number of hydrogen-bond donors (Lipinski definition) is 3. The van der Waals surface area contributed by atoms with Gasteiger partial charge in [-0.15, -0.1) is 0 Å². The van der Waals surface area contributed by atoms with Gasteiger partial charge >= 0.3 is 5.97 Å². The number of carboxylic acid groups (broad SMARTS) is 1. The van der Waals surface area contributed by atoms with Gasteiger partial charge in [0.25, 0.3) is 0 Å². The molecule has 0 bridgehead atoms. The number of nitrogen functional groups attached to an aromatic ring is 1. The number of nitrogens with two attached hydrogens (primary N) is 1. The molecule has 20 heavy (non-hydrogen) atoms. The van der Waals surface area contributed by atoms with Crippen LogP contribution in [0.25, 0.3) is 0 Å². The van der Waals surface area contributed by atoms with Gasteiger partial charge in [0.1, 0.15) is 5.82 Å². The zero-order valence-electron chi connectivity index (χ0n) is 10.6. The first-order valence-electron chi connectivity index (χ1n) is 5.74. The van der Waals surface area contributed by atoms with Crippen LogP contribution < -0.4 is 11.1 Å². The Hall–Kier alpha value is -2.27. The van der Waals surface area contributed by atoms with Crippen molar-refractivity contribution in [2.45, 2.75) is 6.92 Å². The van der Waals surface area contributed by atoms with E-state index >= 15 is 0 Å². The number of rotatable bonds is 3. The molecule has 104 valence electrons. The molecule has 0 aromatic heterocycles. The van der Waals surface area contributed by atoms with Crippen LogP contribution in [-0.2, 0) is 0 Å². The highest BCUT2D eigenvalue weighted by Crippen LogP contribution is 2.32. The van der Waals surface area contributed by atoms with Crippen molar-refractivity contribution in [3.8, 4) is 0 Å². The number of carbonyl (C=O) groups is 1. The van der Waals surface area contributed by atoms with E-state index in [0.29, 0.717) is 0 Å². The highest BCUT2D eigenvalue weighted by atomic mass is 35.5. The Balaban J connectivity index is 2.53. The molecule has 0 radical (unpaired) electrons. The highest BCUT2D eigenvalue weighted by molar-refractivity contribution is 6.34. The van der Waals surface area contributed by atoms with Gasteiger partial charge in [0.05, 0.1) is 22.0 Å². The van der Waals surface area contributed by atoms with Gasteiger partial charge in [0.2, 0.25) is 0 Å². The number of halogens is 2. The molecular weight excluding hydrogens is 283 g/mol. The molecule has 0 saturated carbocycles. The van der Waals surface area contributed by atoms with E-state index < -0.39 is 11.8 Å². The predicted molar refractivity (Wildman–Crippen MR) is 77.2 cm³/mol. The number of benzene rings is 2. The third-order valence-corrected chi connectivity index (χ3v) is 3.02. The summed E-state index contributed by atoms with van der Waals surface area (Å²) in [6.45, 7) is 1.80. The van der Waals surface area contributed by atoms with Crippen LogP contribution >= 0.6 is 11.6 Å². The van der Waals surface area contributed by atoms with Crippen LogP contribution in [0.4, 0.5) is 21.5 Å². The van der Waals surface area contributed by atoms with Crippen LogP contribution in [0.1, 0.15) is 15.9 Å². The second kappa shape index (κ2) is 5.38. The normalized spacial score (nSPS) is 10.3. The van der Waals surface area contributed by atoms with Gasteiger partial charge in [-0.25, -0.2) is 9.18 Å². The van der Waals surface area contributed by atoms with Crippen LogP contribution in [0.5, 0.6) is 0 Å². The summed E-state index contributed by atoms with van der Waals surface area (Å²) in [7, 11) is 0. The van der Waals surface area contributed by atoms with Crippen molar-refractivity contribution in [2.24, 2.45) is 0 Å². The minimum Gasteiger partial charge on any atom is -0.478 e. The van der Waals surface area contributed by atoms with E-state index in [-0.39, 0.29) is 27.6 Å². The largest absolute Gasteiger partial charge is 0.478 e. The van der Waals surface area contributed by atoms with Crippen molar-refractivity contribution in [1.29, 1.82) is 0 Å². The lowest BCUT2D eigenvalue weighted by molar-refractivity contribution is 0.0698. The Kier molecular flexibility index (Phi) is 3.81. The summed E-state index contributed by atoms with van der Waals surface area (Å²) in [5, 5.41) is 12.0. The minimum absolute atomic E-state index is 0.109. The van der Waals surface area contributed by atoms with E-state index in [1.807, 2.05) is 0 Å². The number of carboxylic acids is 1. The molecule has 2 aromatic carbocycles. The van der Waals surface area contributed by atoms with Gasteiger partial charge < -0.3 is 16.2 Å². The van der Waals surface area contributed by atoms with Crippen molar-refractivity contribution in [3.05, 3.63) is 52.3 Å². The molecule has 6 heteroatoms. The molecule has 0 fully saturated rings. The number of aromatic carboxylic acids is 1. The van der Waals surface area contributed by atoms with Crippen LogP contribution in [0, 0.1) is 12.7 Å². The number of hydrogen-bond acceptors (Lipinski definition) is 3. The molecule has 2 rings (SSSR count). The van der Waals surface area contributed by atoms with Crippen LogP contribution in [0.15, 0.2) is 30.3 Å². The van der Waals surface area contributed by atoms with Gasteiger partial charge in [-0.1, -0.05) is 17.7 Å². The number of anilines is 3. The fraction of sp³-hybridized carbons (Fsp3) is 0.0714. The first-order chi connectivity index (χ1) is 9.38. The summed E-state index contributed by atoms with van der Waals surface area (Å²) >= 11 is 5.99. The zero-order valence-corrected chi connectivity index (χ0v) is 11.3. The Morgan fingerprint density at radius 2 is 2.05 bits per heavy atom. The predicted octanol–water partition coefficient (Wildman–Crippen LogP) is 3.81. The molecule has 0 aliphatic rings. The fourth-order valence-corrected chi connectivity index (χ4v) is 2.07. The Bertz CT molecular complexity index is 689. The molecule has 0 amide bonds. The summed E-state index contributed by atoms with van der Waals surface area (Å²) < 4.78 is 13.7. The number of nitrogens with one attached hydrogen (secondary N) is 1. The first kappa shape index (κ1) is 14.1. The quantitative estimate of drug-likeness (QED) is 0.752. The van der Waals surface area contributed by atoms with Gasteiger partial charge in [-0.2, -0.15) is 0 Å². The van der Waals surface area contributed by atoms with E-state index in [0.717, 1.165) is 5.56 Å². The van der Waals surface area contributed by atoms with Gasteiger partial charge in [-0.3, -0.25) is 0 Å². The van der Waals surface area contributed by atoms with Crippen molar-refractivity contribution in [1.82, 2.24) is 0 Å². The molecule has 0 heterocycles. The van der Waals surface area contributed by atoms with Crippen LogP contribution in [-0.4, -0.2) is 11.1 Å². The third kappa shape index (κ3) is 2.83. The maximum Gasteiger partial charge on any atom is 0.337 e. The zero-order chi connectivity index (χ0) is 14.9. The van der Waals surface area contributed by atoms with Crippen LogP contribution in [0.3, 0.4) is 0 Å². The average molecular weight is 295 g/mol. The summed E-state index contributed by atoms with van der Waals surface area (Å²) in [4.78, 5) is 11.2. The van der Waals surface area contributed by atoms with Gasteiger partial charge in [0, 0.05) is 5.69 Å². The van der Waals surface area contributed by atoms with E-state index in [1.54, 1.807) is 19.1 Å². The summed E-state index contributed by atoms with van der Waals surface area (Å²) in [5.74, 6) is -1.70. The monoisotopic (exact) mass is 294 g/mol. The molecule has 4 N–H and O–H groups in total. The lowest BCUT2D eigenvalue weighted by Gasteiger charge is -2.13. The second-order valence-corrected chi connectivity index (χ2v) is 4.75. The highest BCUT2D eigenvalue weighted by Gasteiger charge is 2.16. The van der Waals surface area contributed by atoms with Crippen molar-refractivity contribution >= 4 is 34.6 Å². The minimum atomic E-state index is -1.20. The molecule has 0 saturated heterocycles. The lowest BCUT2D eigenvalue weighted by Crippen LogP contribution is -2.06. The molecule has 0 spiro atoms. The van der Waals surface area contributed by atoms with Crippen molar-refractivity contribution < 1.29 is 14.3 Å². The Labute approximate surface area is 120 Å². The van der Waals surface area contributed by atoms with Gasteiger partial charge in [0.15, 0.2) is 0 Å². The van der Waals surface area contributed by atoms with Gasteiger partial charge in [-0.05, 0) is 36.8 Å². The lowest BCUT2D eigenvalue weighted by atomic mass is 10.1. The SMILES string of the molecule is Cc1ccc(F)c(Nc2c(Cl)cc(N)cc2C(=O)O)c1. The topological polar surface area (TPSA) is 75.3 Å². The summed E-state index contributed by atoms with van der Waals surface area (Å²) in [6.07, 6.45) is 0. The van der Waals surface area contributed by atoms with E-state index in [1.165, 1.54) is 18.2 Å². The second-order valence-electron chi connectivity index (χ2n) is 4.34. The maximum absolute atomic E-state index is 13.7. The van der Waals surface area contributed by atoms with E-state index in [2.05, 4.69) is 5.32 Å². The average Bonchev–Trinajstić information content (AvgIpc) is 2.36. The van der Waals surface area contributed by atoms with E-state index in [9.17, 15) is 9.18 Å². The van der Waals surface area contributed by atoms with Crippen LogP contribution in [0.2, 0.25) is 5.02 Å². The smallest absolute Gasteiger partial charge is 0.337 e. The molecule has 0 atom stereocenters. The fourth-order valence-electron chi connectivity index (χ4n) is 1.79. The molecule has 0 aliphatic heterocycles. The third-order valence-electron chi connectivity index (χ3n) is 2.72. The molecular formula is C14H12ClFN2O2. The molecule has 0 aliphatic carbocycles. The number of aryl methyl sites for hydroxylation is 1. The van der Waals surface area contributed by atoms with E-state index in [4.69, 9.17) is 22.4 Å². The summed E-state index contributed by atoms with van der Waals surface area (Å²) in [5.41, 5.74) is 6.77.